The lowest BCUT2D eigenvalue weighted by molar-refractivity contribution is -0.144. The average molecular weight is 484 g/mol. The minimum atomic E-state index is -4.46. The normalized spacial score (nSPS) is 22.2. The number of nitrogens with zero attached hydrogens (tertiary/aromatic N) is 3. The third kappa shape index (κ3) is 3.58. The fraction of sp³-hybridized carbons (Fsp3) is 0.542. The molecule has 2 aromatic rings. The number of hydrogen-bond donors (Lipinski definition) is 1. The molecule has 1 amide bonds. The third-order valence-corrected chi connectivity index (χ3v) is 8.19. The largest absolute Gasteiger partial charge is 0.431 e. The molecule has 180 valence electrons. The van der Waals surface area contributed by atoms with Crippen LogP contribution in [0.5, 0.6) is 0 Å². The van der Waals surface area contributed by atoms with Crippen molar-refractivity contribution in [2.24, 2.45) is 0 Å². The lowest BCUT2D eigenvalue weighted by Crippen LogP contribution is -2.57. The maximum Gasteiger partial charge on any atom is 0.431 e. The number of benzene rings is 1. The molecule has 2 aliphatic heterocycles. The van der Waals surface area contributed by atoms with Gasteiger partial charge in [-0.3, -0.25) is 9.69 Å². The Morgan fingerprint density at radius 2 is 1.70 bits per heavy atom. The number of carbonyl (C=O) groups is 1. The van der Waals surface area contributed by atoms with E-state index in [2.05, 4.69) is 4.90 Å². The molecule has 5 nitrogen and oxygen atoms in total. The fourth-order valence-electron chi connectivity index (χ4n) is 5.71. The lowest BCUT2D eigenvalue weighted by atomic mass is 9.75. The van der Waals surface area contributed by atoms with Gasteiger partial charge in [0, 0.05) is 33.2 Å². The van der Waals surface area contributed by atoms with Crippen LogP contribution in [0.1, 0.15) is 60.8 Å². The Hall–Kier alpha value is -2.03. The van der Waals surface area contributed by atoms with Crippen LogP contribution in [0, 0.1) is 0 Å². The van der Waals surface area contributed by atoms with Crippen LogP contribution in [0.15, 0.2) is 30.3 Å². The van der Waals surface area contributed by atoms with Crippen molar-refractivity contribution in [2.45, 2.75) is 56.0 Å². The smallest absolute Gasteiger partial charge is 0.385 e. The molecule has 0 radical (unpaired) electrons. The molecule has 9 heteroatoms. The van der Waals surface area contributed by atoms with E-state index in [1.54, 1.807) is 17.0 Å². The van der Waals surface area contributed by atoms with Crippen LogP contribution in [-0.2, 0) is 23.9 Å². The average Bonchev–Trinajstić information content (AvgIpc) is 3.13. The van der Waals surface area contributed by atoms with Crippen molar-refractivity contribution in [3.05, 3.63) is 57.9 Å². The molecule has 3 heterocycles. The van der Waals surface area contributed by atoms with Crippen LogP contribution in [0.25, 0.3) is 0 Å². The van der Waals surface area contributed by atoms with Crippen molar-refractivity contribution >= 4 is 17.5 Å². The number of aromatic nitrogens is 1. The van der Waals surface area contributed by atoms with Gasteiger partial charge in [-0.25, -0.2) is 0 Å². The summed E-state index contributed by atoms with van der Waals surface area (Å²) in [5, 5.41) is 10.6. The molecule has 1 saturated carbocycles. The molecule has 1 aliphatic carbocycles. The molecule has 1 aromatic heterocycles. The van der Waals surface area contributed by atoms with E-state index >= 15 is 0 Å². The molecule has 33 heavy (non-hydrogen) atoms. The predicted octanol–water partition coefficient (Wildman–Crippen LogP) is 4.85. The Kier molecular flexibility index (Phi) is 5.34. The number of carbonyl (C=O) groups excluding carboxylic acids is 1. The second kappa shape index (κ2) is 7.75. The first kappa shape index (κ1) is 22.7. The first-order chi connectivity index (χ1) is 15.6. The Morgan fingerprint density at radius 3 is 2.24 bits per heavy atom. The van der Waals surface area contributed by atoms with Crippen LogP contribution in [0.3, 0.4) is 0 Å². The minimum absolute atomic E-state index is 0. The summed E-state index contributed by atoms with van der Waals surface area (Å²) >= 11 is 6.37. The van der Waals surface area contributed by atoms with Gasteiger partial charge in [0.1, 0.15) is 5.69 Å². The van der Waals surface area contributed by atoms with Crippen LogP contribution in [-0.4, -0.2) is 52.1 Å². The fourth-order valence-corrected chi connectivity index (χ4v) is 6.09. The summed E-state index contributed by atoms with van der Waals surface area (Å²) in [4.78, 5) is 17.0. The number of alkyl halides is 3. The first-order valence-electron chi connectivity index (χ1n) is 11.4. The number of hydrogen-bond acceptors (Lipinski definition) is 3. The van der Waals surface area contributed by atoms with E-state index in [1.807, 2.05) is 19.2 Å². The summed E-state index contributed by atoms with van der Waals surface area (Å²) < 4.78 is 42.0. The number of halogens is 4. The SMILES string of the molecule is CN1CCn2c(C(F)(F)F)cc(Cl)c2C12CCN(C(=O)c1ccc(C3(O)CCC3)cc1)CC2.[HH]. The first-order valence-corrected chi connectivity index (χ1v) is 11.7. The molecule has 2 fully saturated rings. The van der Waals surface area contributed by atoms with Gasteiger partial charge in [0.25, 0.3) is 5.91 Å². The van der Waals surface area contributed by atoms with E-state index in [9.17, 15) is 23.1 Å². The highest BCUT2D eigenvalue weighted by atomic mass is 35.5. The minimum Gasteiger partial charge on any atom is -0.385 e. The topological polar surface area (TPSA) is 48.7 Å². The summed E-state index contributed by atoms with van der Waals surface area (Å²) in [6.07, 6.45) is -0.972. The van der Waals surface area contributed by atoms with Crippen LogP contribution < -0.4 is 0 Å². The zero-order chi connectivity index (χ0) is 23.6. The van der Waals surface area contributed by atoms with Gasteiger partial charge in [-0.2, -0.15) is 13.2 Å². The van der Waals surface area contributed by atoms with Crippen molar-refractivity contribution in [1.29, 1.82) is 0 Å². The van der Waals surface area contributed by atoms with Gasteiger partial charge in [0.05, 0.1) is 21.9 Å². The summed E-state index contributed by atoms with van der Waals surface area (Å²) in [5.74, 6) is -0.104. The van der Waals surface area contributed by atoms with Gasteiger partial charge in [-0.1, -0.05) is 23.7 Å². The molecule has 0 bridgehead atoms. The molecular weight excluding hydrogens is 455 g/mol. The lowest BCUT2D eigenvalue weighted by Gasteiger charge is -2.50. The monoisotopic (exact) mass is 483 g/mol. The third-order valence-electron chi connectivity index (χ3n) is 7.90. The maximum absolute atomic E-state index is 13.6. The number of likely N-dealkylation sites (tertiary alicyclic amines) is 1. The van der Waals surface area contributed by atoms with Crippen LogP contribution in [0.2, 0.25) is 5.02 Å². The summed E-state index contributed by atoms with van der Waals surface area (Å²) in [6, 6.07) is 8.18. The van der Waals surface area contributed by atoms with E-state index in [1.165, 1.54) is 4.57 Å². The van der Waals surface area contributed by atoms with Crippen molar-refractivity contribution in [3.63, 3.8) is 0 Å². The molecular formula is C24H29ClF3N3O2. The van der Waals surface area contributed by atoms with Gasteiger partial charge in [-0.05, 0) is 62.9 Å². The van der Waals surface area contributed by atoms with Gasteiger partial charge in [-0.15, -0.1) is 0 Å². The summed E-state index contributed by atoms with van der Waals surface area (Å²) in [7, 11) is 1.92. The quantitative estimate of drug-likeness (QED) is 0.664. The number of aliphatic hydroxyl groups is 1. The highest BCUT2D eigenvalue weighted by molar-refractivity contribution is 6.31. The molecule has 5 rings (SSSR count). The van der Waals surface area contributed by atoms with Gasteiger partial charge < -0.3 is 14.6 Å². The van der Waals surface area contributed by atoms with E-state index < -0.39 is 23.0 Å². The molecule has 0 atom stereocenters. The van der Waals surface area contributed by atoms with Gasteiger partial charge in [0.15, 0.2) is 0 Å². The van der Waals surface area contributed by atoms with Crippen molar-refractivity contribution in [3.8, 4) is 0 Å². The predicted molar refractivity (Wildman–Crippen MR) is 120 cm³/mol. The second-order valence-corrected chi connectivity index (χ2v) is 9.99. The number of fused-ring (bicyclic) bond motifs is 2. The van der Waals surface area contributed by atoms with E-state index in [0.717, 1.165) is 30.9 Å². The zero-order valence-electron chi connectivity index (χ0n) is 18.5. The van der Waals surface area contributed by atoms with Crippen LogP contribution >= 0.6 is 11.6 Å². The highest BCUT2D eigenvalue weighted by Gasteiger charge is 2.49. The second-order valence-electron chi connectivity index (χ2n) is 9.58. The summed E-state index contributed by atoms with van der Waals surface area (Å²) in [6.45, 7) is 1.57. The summed E-state index contributed by atoms with van der Waals surface area (Å²) in [5.41, 5.74) is -0.212. The zero-order valence-corrected chi connectivity index (χ0v) is 19.2. The van der Waals surface area contributed by atoms with Crippen molar-refractivity contribution in [1.82, 2.24) is 14.4 Å². The molecule has 3 aliphatic rings. The van der Waals surface area contributed by atoms with Gasteiger partial charge in [0.2, 0.25) is 0 Å². The van der Waals surface area contributed by atoms with E-state index in [0.29, 0.717) is 43.7 Å². The van der Waals surface area contributed by atoms with Gasteiger partial charge >= 0.3 is 6.18 Å². The number of likely N-dealkylation sites (N-methyl/N-ethyl adjacent to an activating group) is 1. The van der Waals surface area contributed by atoms with Crippen LogP contribution in [0.4, 0.5) is 13.2 Å². The molecule has 1 spiro atoms. The Labute approximate surface area is 197 Å². The maximum atomic E-state index is 13.6. The van der Waals surface area contributed by atoms with Crippen molar-refractivity contribution in [2.75, 3.05) is 26.7 Å². The molecule has 1 N–H and O–H groups in total. The highest BCUT2D eigenvalue weighted by Crippen LogP contribution is 2.47. The standard InChI is InChI=1S/C24H27ClF3N3O2.H2/c1-29-13-14-31-19(24(26,27)28)15-18(25)20(31)22(29)9-11-30(12-10-22)21(32)16-3-5-17(6-4-16)23(33)7-2-8-23;/h3-6,15,33H,2,7-14H2,1H3;1H. The number of amides is 1. The van der Waals surface area contributed by atoms with Crippen molar-refractivity contribution < 1.29 is 24.5 Å². The Bertz CT molecular complexity index is 1070. The number of rotatable bonds is 2. The molecule has 1 saturated heterocycles. The van der Waals surface area contributed by atoms with E-state index in [4.69, 9.17) is 11.6 Å². The Morgan fingerprint density at radius 1 is 1.06 bits per heavy atom. The number of piperidine rings is 1. The molecule has 1 aromatic carbocycles. The Balaban J connectivity index is 0.00000274. The molecule has 0 unspecified atom stereocenters. The van der Waals surface area contributed by atoms with E-state index in [-0.39, 0.29) is 18.9 Å².